The molecule has 7 heteroatoms. The first kappa shape index (κ1) is 19.3. The fraction of sp³-hybridized carbons (Fsp3) is 0.263. The average molecular weight is 357 g/mol. The molecule has 0 aliphatic carbocycles. The zero-order valence-corrected chi connectivity index (χ0v) is 14.9. The molecule has 0 aliphatic heterocycles. The van der Waals surface area contributed by atoms with Crippen LogP contribution in [0.25, 0.3) is 0 Å². The molecule has 0 saturated heterocycles. The lowest BCUT2D eigenvalue weighted by atomic mass is 10.1. The predicted octanol–water partition coefficient (Wildman–Crippen LogP) is 2.03. The summed E-state index contributed by atoms with van der Waals surface area (Å²) in [5, 5.41) is 5.54. The summed E-state index contributed by atoms with van der Waals surface area (Å²) in [5.74, 6) is 0.153. The summed E-state index contributed by atoms with van der Waals surface area (Å²) < 4.78 is 10.5. The van der Waals surface area contributed by atoms with E-state index in [9.17, 15) is 9.59 Å². The summed E-state index contributed by atoms with van der Waals surface area (Å²) in [5.41, 5.74) is 6.55. The van der Waals surface area contributed by atoms with Crippen LogP contribution in [0.5, 0.6) is 11.5 Å². The van der Waals surface area contributed by atoms with E-state index >= 15 is 0 Å². The molecule has 0 atom stereocenters. The number of anilines is 1. The van der Waals surface area contributed by atoms with Crippen LogP contribution in [0.1, 0.15) is 27.1 Å². The van der Waals surface area contributed by atoms with Crippen molar-refractivity contribution in [1.82, 2.24) is 5.32 Å². The number of rotatable bonds is 8. The van der Waals surface area contributed by atoms with Gasteiger partial charge in [-0.05, 0) is 31.2 Å². The van der Waals surface area contributed by atoms with Crippen molar-refractivity contribution in [3.63, 3.8) is 0 Å². The molecule has 0 aliphatic rings. The number of ether oxygens (including phenoxy) is 2. The van der Waals surface area contributed by atoms with Crippen molar-refractivity contribution in [2.24, 2.45) is 5.73 Å². The standard InChI is InChI=1S/C19H23N3O4/c1-25-16-11-14(19(24)21-10-6-9-20)15(12-17(16)26-2)22-18(23)13-7-4-3-5-8-13/h3-5,7-8,11-12H,6,9-10,20H2,1-2H3,(H,21,24)(H,22,23). The van der Waals surface area contributed by atoms with Crippen LogP contribution in [0.4, 0.5) is 5.69 Å². The van der Waals surface area contributed by atoms with E-state index in [0.29, 0.717) is 42.3 Å². The highest BCUT2D eigenvalue weighted by Crippen LogP contribution is 2.33. The van der Waals surface area contributed by atoms with Gasteiger partial charge in [0.1, 0.15) is 0 Å². The molecule has 0 heterocycles. The van der Waals surface area contributed by atoms with E-state index in [1.807, 2.05) is 6.07 Å². The molecule has 0 fully saturated rings. The molecule has 0 radical (unpaired) electrons. The minimum absolute atomic E-state index is 0.281. The van der Waals surface area contributed by atoms with Crippen molar-refractivity contribution in [2.75, 3.05) is 32.6 Å². The van der Waals surface area contributed by atoms with Crippen LogP contribution in [-0.2, 0) is 0 Å². The molecule has 4 N–H and O–H groups in total. The lowest BCUT2D eigenvalue weighted by Crippen LogP contribution is -2.27. The van der Waals surface area contributed by atoms with Gasteiger partial charge >= 0.3 is 0 Å². The van der Waals surface area contributed by atoms with E-state index in [-0.39, 0.29) is 17.4 Å². The topological polar surface area (TPSA) is 103 Å². The first-order valence-corrected chi connectivity index (χ1v) is 8.21. The molecular formula is C19H23N3O4. The van der Waals surface area contributed by atoms with Crippen LogP contribution in [0.15, 0.2) is 42.5 Å². The number of carbonyl (C=O) groups is 2. The van der Waals surface area contributed by atoms with Gasteiger partial charge < -0.3 is 25.8 Å². The van der Waals surface area contributed by atoms with Gasteiger partial charge in [-0.3, -0.25) is 9.59 Å². The monoisotopic (exact) mass is 357 g/mol. The van der Waals surface area contributed by atoms with Gasteiger partial charge in [-0.2, -0.15) is 0 Å². The fourth-order valence-electron chi connectivity index (χ4n) is 2.35. The third-order valence-corrected chi connectivity index (χ3v) is 3.72. The minimum Gasteiger partial charge on any atom is -0.493 e. The van der Waals surface area contributed by atoms with Crippen LogP contribution < -0.4 is 25.8 Å². The Bertz CT molecular complexity index is 763. The van der Waals surface area contributed by atoms with Crippen molar-refractivity contribution in [3.8, 4) is 11.5 Å². The zero-order valence-electron chi connectivity index (χ0n) is 14.9. The summed E-state index contributed by atoms with van der Waals surface area (Å²) in [6.07, 6.45) is 0.657. The van der Waals surface area contributed by atoms with Crippen molar-refractivity contribution in [1.29, 1.82) is 0 Å². The van der Waals surface area contributed by atoms with Crippen LogP contribution in [-0.4, -0.2) is 39.1 Å². The number of methoxy groups -OCH3 is 2. The van der Waals surface area contributed by atoms with Gasteiger partial charge in [-0.1, -0.05) is 18.2 Å². The molecule has 0 aromatic heterocycles. The Hall–Kier alpha value is -3.06. The Morgan fingerprint density at radius 2 is 1.65 bits per heavy atom. The molecule has 0 bridgehead atoms. The third-order valence-electron chi connectivity index (χ3n) is 3.72. The zero-order chi connectivity index (χ0) is 18.9. The molecule has 0 spiro atoms. The second kappa shape index (κ2) is 9.43. The second-order valence-electron chi connectivity index (χ2n) is 5.47. The van der Waals surface area contributed by atoms with E-state index in [0.717, 1.165) is 0 Å². The lowest BCUT2D eigenvalue weighted by Gasteiger charge is -2.15. The number of benzene rings is 2. The summed E-state index contributed by atoms with van der Waals surface area (Å²) in [4.78, 5) is 25.0. The second-order valence-corrected chi connectivity index (χ2v) is 5.47. The van der Waals surface area contributed by atoms with Crippen LogP contribution >= 0.6 is 0 Å². The molecule has 2 amide bonds. The van der Waals surface area contributed by atoms with Crippen LogP contribution in [0.2, 0.25) is 0 Å². The summed E-state index contributed by atoms with van der Waals surface area (Å²) in [6, 6.07) is 11.8. The number of hydrogen-bond donors (Lipinski definition) is 3. The highest BCUT2D eigenvalue weighted by Gasteiger charge is 2.19. The van der Waals surface area contributed by atoms with Gasteiger partial charge in [0.15, 0.2) is 11.5 Å². The van der Waals surface area contributed by atoms with Gasteiger partial charge in [0.2, 0.25) is 0 Å². The highest BCUT2D eigenvalue weighted by molar-refractivity contribution is 6.09. The molecule has 2 rings (SSSR count). The molecular weight excluding hydrogens is 334 g/mol. The number of amides is 2. The number of nitrogens with two attached hydrogens (primary N) is 1. The molecule has 26 heavy (non-hydrogen) atoms. The Morgan fingerprint density at radius 3 is 2.27 bits per heavy atom. The van der Waals surface area contributed by atoms with Crippen LogP contribution in [0.3, 0.4) is 0 Å². The van der Waals surface area contributed by atoms with E-state index in [1.54, 1.807) is 30.3 Å². The minimum atomic E-state index is -0.331. The van der Waals surface area contributed by atoms with Crippen LogP contribution in [0, 0.1) is 0 Å². The molecule has 0 saturated carbocycles. The smallest absolute Gasteiger partial charge is 0.255 e. The van der Waals surface area contributed by atoms with E-state index in [2.05, 4.69) is 10.6 Å². The normalized spacial score (nSPS) is 10.1. The third kappa shape index (κ3) is 4.73. The maximum atomic E-state index is 12.5. The Labute approximate surface area is 152 Å². The summed E-state index contributed by atoms with van der Waals surface area (Å²) >= 11 is 0. The molecule has 0 unspecified atom stereocenters. The SMILES string of the molecule is COc1cc(NC(=O)c2ccccc2)c(C(=O)NCCCN)cc1OC. The number of nitrogens with one attached hydrogen (secondary N) is 2. The predicted molar refractivity (Wildman–Crippen MR) is 99.9 cm³/mol. The van der Waals surface area contributed by atoms with Gasteiger partial charge in [0.05, 0.1) is 25.5 Å². The largest absolute Gasteiger partial charge is 0.493 e. The molecule has 2 aromatic rings. The fourth-order valence-corrected chi connectivity index (χ4v) is 2.35. The maximum absolute atomic E-state index is 12.5. The van der Waals surface area contributed by atoms with Crippen molar-refractivity contribution in [3.05, 3.63) is 53.6 Å². The average Bonchev–Trinajstić information content (AvgIpc) is 2.68. The maximum Gasteiger partial charge on any atom is 0.255 e. The van der Waals surface area contributed by atoms with E-state index in [1.165, 1.54) is 20.3 Å². The van der Waals surface area contributed by atoms with Crippen molar-refractivity contribution < 1.29 is 19.1 Å². The van der Waals surface area contributed by atoms with E-state index in [4.69, 9.17) is 15.2 Å². The first-order chi connectivity index (χ1) is 12.6. The number of carbonyl (C=O) groups excluding carboxylic acids is 2. The summed E-state index contributed by atoms with van der Waals surface area (Å²) in [7, 11) is 2.97. The van der Waals surface area contributed by atoms with E-state index < -0.39 is 0 Å². The Balaban J connectivity index is 2.34. The van der Waals surface area contributed by atoms with Gasteiger partial charge in [-0.25, -0.2) is 0 Å². The van der Waals surface area contributed by atoms with Crippen molar-refractivity contribution >= 4 is 17.5 Å². The lowest BCUT2D eigenvalue weighted by molar-refractivity contribution is 0.0954. The van der Waals surface area contributed by atoms with Crippen molar-refractivity contribution in [2.45, 2.75) is 6.42 Å². The number of hydrogen-bond acceptors (Lipinski definition) is 5. The van der Waals surface area contributed by atoms with Gasteiger partial charge in [0, 0.05) is 18.2 Å². The Morgan fingerprint density at radius 1 is 1.00 bits per heavy atom. The molecule has 138 valence electrons. The quantitative estimate of drug-likeness (QED) is 0.627. The first-order valence-electron chi connectivity index (χ1n) is 8.21. The molecule has 2 aromatic carbocycles. The highest BCUT2D eigenvalue weighted by atomic mass is 16.5. The summed E-state index contributed by atoms with van der Waals surface area (Å²) in [6.45, 7) is 0.916. The van der Waals surface area contributed by atoms with Gasteiger partial charge in [-0.15, -0.1) is 0 Å². The molecule has 7 nitrogen and oxygen atoms in total. The Kier molecular flexibility index (Phi) is 6.99. The van der Waals surface area contributed by atoms with Gasteiger partial charge in [0.25, 0.3) is 11.8 Å².